The van der Waals surface area contributed by atoms with Gasteiger partial charge in [-0.2, -0.15) is 0 Å². The average molecular weight is 389 g/mol. The second-order valence-corrected chi connectivity index (χ2v) is 6.74. The molecule has 0 bridgehead atoms. The van der Waals surface area contributed by atoms with E-state index in [1.165, 1.54) is 0 Å². The van der Waals surface area contributed by atoms with Crippen LogP contribution in [-0.4, -0.2) is 60.0 Å². The van der Waals surface area contributed by atoms with Crippen LogP contribution in [0.5, 0.6) is 5.75 Å². The SMILES string of the molecule is COc1ccc(C(=O)N2CCN(C(=O)[C@H](O)c3ccc(Cl)cc3)CC2)cc1. The van der Waals surface area contributed by atoms with Crippen molar-refractivity contribution in [3.8, 4) is 5.75 Å². The molecule has 1 fully saturated rings. The summed E-state index contributed by atoms with van der Waals surface area (Å²) in [4.78, 5) is 28.4. The predicted molar refractivity (Wildman–Crippen MR) is 102 cm³/mol. The first-order chi connectivity index (χ1) is 13.0. The topological polar surface area (TPSA) is 70.1 Å². The Balaban J connectivity index is 1.58. The number of ether oxygens (including phenoxy) is 1. The van der Waals surface area contributed by atoms with Crippen LogP contribution in [0.4, 0.5) is 0 Å². The molecule has 3 rings (SSSR count). The lowest BCUT2D eigenvalue weighted by atomic mass is 10.1. The van der Waals surface area contributed by atoms with E-state index < -0.39 is 6.10 Å². The summed E-state index contributed by atoms with van der Waals surface area (Å²) in [6.45, 7) is 1.60. The van der Waals surface area contributed by atoms with E-state index >= 15 is 0 Å². The Kier molecular flexibility index (Phi) is 5.98. The van der Waals surface area contributed by atoms with Gasteiger partial charge in [-0.1, -0.05) is 23.7 Å². The number of amides is 2. The van der Waals surface area contributed by atoms with Crippen molar-refractivity contribution in [3.05, 3.63) is 64.7 Å². The minimum Gasteiger partial charge on any atom is -0.497 e. The molecular formula is C20H21ClN2O4. The maximum absolute atomic E-state index is 12.6. The third kappa shape index (κ3) is 4.40. The molecule has 0 radical (unpaired) electrons. The Bertz CT molecular complexity index is 800. The summed E-state index contributed by atoms with van der Waals surface area (Å²) in [5.74, 6) is 0.245. The first-order valence-corrected chi connectivity index (χ1v) is 9.03. The Morgan fingerprint density at radius 2 is 1.52 bits per heavy atom. The lowest BCUT2D eigenvalue weighted by Crippen LogP contribution is -2.51. The van der Waals surface area contributed by atoms with Gasteiger partial charge >= 0.3 is 0 Å². The number of methoxy groups -OCH3 is 1. The van der Waals surface area contributed by atoms with Crippen molar-refractivity contribution in [1.82, 2.24) is 9.80 Å². The van der Waals surface area contributed by atoms with Crippen molar-refractivity contribution in [3.63, 3.8) is 0 Å². The summed E-state index contributed by atoms with van der Waals surface area (Å²) in [7, 11) is 1.57. The molecule has 142 valence electrons. The van der Waals surface area contributed by atoms with Crippen LogP contribution in [0.1, 0.15) is 22.0 Å². The minimum absolute atomic E-state index is 0.0806. The molecule has 0 spiro atoms. The van der Waals surface area contributed by atoms with E-state index in [-0.39, 0.29) is 11.8 Å². The number of rotatable bonds is 4. The fourth-order valence-corrected chi connectivity index (χ4v) is 3.13. The van der Waals surface area contributed by atoms with E-state index in [2.05, 4.69) is 0 Å². The van der Waals surface area contributed by atoms with E-state index in [0.717, 1.165) is 0 Å². The van der Waals surface area contributed by atoms with Crippen LogP contribution in [0.15, 0.2) is 48.5 Å². The molecule has 0 saturated carbocycles. The number of carbonyl (C=O) groups excluding carboxylic acids is 2. The zero-order valence-electron chi connectivity index (χ0n) is 15.0. The molecule has 27 heavy (non-hydrogen) atoms. The monoisotopic (exact) mass is 388 g/mol. The number of hydrogen-bond acceptors (Lipinski definition) is 4. The molecule has 1 aliphatic heterocycles. The lowest BCUT2D eigenvalue weighted by molar-refractivity contribution is -0.142. The van der Waals surface area contributed by atoms with E-state index in [1.807, 2.05) is 0 Å². The smallest absolute Gasteiger partial charge is 0.256 e. The van der Waals surface area contributed by atoms with E-state index in [1.54, 1.807) is 65.4 Å². The molecular weight excluding hydrogens is 368 g/mol. The van der Waals surface area contributed by atoms with Crippen LogP contribution in [0.25, 0.3) is 0 Å². The average Bonchev–Trinajstić information content (AvgIpc) is 2.73. The van der Waals surface area contributed by atoms with Crippen LogP contribution < -0.4 is 4.74 Å². The third-order valence-corrected chi connectivity index (χ3v) is 4.89. The number of halogens is 1. The summed E-state index contributed by atoms with van der Waals surface area (Å²) in [5.41, 5.74) is 1.08. The minimum atomic E-state index is -1.23. The normalized spacial score (nSPS) is 15.4. The van der Waals surface area contributed by atoms with Gasteiger partial charge in [-0.05, 0) is 42.0 Å². The molecule has 2 amide bonds. The maximum atomic E-state index is 12.6. The summed E-state index contributed by atoms with van der Waals surface area (Å²) in [6.07, 6.45) is -1.23. The number of hydrogen-bond donors (Lipinski definition) is 1. The Morgan fingerprint density at radius 1 is 0.963 bits per heavy atom. The van der Waals surface area contributed by atoms with Crippen molar-refractivity contribution in [1.29, 1.82) is 0 Å². The molecule has 1 aliphatic rings. The zero-order chi connectivity index (χ0) is 19.4. The van der Waals surface area contributed by atoms with Crippen LogP contribution in [0, 0.1) is 0 Å². The molecule has 1 saturated heterocycles. The molecule has 6 nitrogen and oxygen atoms in total. The standard InChI is InChI=1S/C20H21ClN2O4/c1-27-17-8-4-15(5-9-17)19(25)22-10-12-23(13-11-22)20(26)18(24)14-2-6-16(21)7-3-14/h2-9,18,24H,10-13H2,1H3/t18-/m1/s1. The van der Waals surface area contributed by atoms with Crippen molar-refractivity contribution >= 4 is 23.4 Å². The van der Waals surface area contributed by atoms with Gasteiger partial charge in [0.05, 0.1) is 7.11 Å². The molecule has 0 unspecified atom stereocenters. The third-order valence-electron chi connectivity index (χ3n) is 4.64. The zero-order valence-corrected chi connectivity index (χ0v) is 15.7. The number of aliphatic hydroxyl groups is 1. The van der Waals surface area contributed by atoms with Gasteiger partial charge < -0.3 is 19.6 Å². The summed E-state index contributed by atoms with van der Waals surface area (Å²) in [5, 5.41) is 10.9. The summed E-state index contributed by atoms with van der Waals surface area (Å²) < 4.78 is 5.10. The molecule has 7 heteroatoms. The van der Waals surface area contributed by atoms with Gasteiger partial charge in [-0.25, -0.2) is 0 Å². The second kappa shape index (κ2) is 8.41. The highest BCUT2D eigenvalue weighted by atomic mass is 35.5. The van der Waals surface area contributed by atoms with Gasteiger partial charge in [-0.3, -0.25) is 9.59 Å². The molecule has 1 N–H and O–H groups in total. The number of aliphatic hydroxyl groups excluding tert-OH is 1. The number of piperazine rings is 1. The fourth-order valence-electron chi connectivity index (χ4n) is 3.01. The molecule has 2 aromatic carbocycles. The molecule has 1 atom stereocenters. The highest BCUT2D eigenvalue weighted by molar-refractivity contribution is 6.30. The molecule has 0 aliphatic carbocycles. The highest BCUT2D eigenvalue weighted by Gasteiger charge is 2.29. The first-order valence-electron chi connectivity index (χ1n) is 8.65. The first kappa shape index (κ1) is 19.2. The number of nitrogens with zero attached hydrogens (tertiary/aromatic N) is 2. The van der Waals surface area contributed by atoms with Gasteiger partial charge in [0.25, 0.3) is 11.8 Å². The van der Waals surface area contributed by atoms with Crippen LogP contribution >= 0.6 is 11.6 Å². The molecule has 0 aromatic heterocycles. The Hall–Kier alpha value is -2.57. The fraction of sp³-hybridized carbons (Fsp3) is 0.300. The quantitative estimate of drug-likeness (QED) is 0.873. The maximum Gasteiger partial charge on any atom is 0.256 e. The predicted octanol–water partition coefficient (Wildman–Crippen LogP) is 2.37. The number of benzene rings is 2. The Morgan fingerprint density at radius 3 is 2.07 bits per heavy atom. The van der Waals surface area contributed by atoms with Crippen LogP contribution in [0.3, 0.4) is 0 Å². The summed E-state index contributed by atoms with van der Waals surface area (Å²) in [6, 6.07) is 13.5. The second-order valence-electron chi connectivity index (χ2n) is 6.30. The van der Waals surface area contributed by atoms with Gasteiger partial charge in [0.1, 0.15) is 5.75 Å². The van der Waals surface area contributed by atoms with E-state index in [0.29, 0.717) is 48.1 Å². The Labute approximate surface area is 162 Å². The van der Waals surface area contributed by atoms with Crippen molar-refractivity contribution in [2.75, 3.05) is 33.3 Å². The molecule has 1 heterocycles. The van der Waals surface area contributed by atoms with Crippen molar-refractivity contribution < 1.29 is 19.4 Å². The largest absolute Gasteiger partial charge is 0.497 e. The van der Waals surface area contributed by atoms with Gasteiger partial charge in [0.2, 0.25) is 0 Å². The van der Waals surface area contributed by atoms with Gasteiger partial charge in [-0.15, -0.1) is 0 Å². The number of carbonyl (C=O) groups is 2. The van der Waals surface area contributed by atoms with Crippen LogP contribution in [-0.2, 0) is 4.79 Å². The van der Waals surface area contributed by atoms with Crippen molar-refractivity contribution in [2.24, 2.45) is 0 Å². The van der Waals surface area contributed by atoms with Crippen LogP contribution in [0.2, 0.25) is 5.02 Å². The van der Waals surface area contributed by atoms with Gasteiger partial charge in [0, 0.05) is 36.8 Å². The highest BCUT2D eigenvalue weighted by Crippen LogP contribution is 2.20. The lowest BCUT2D eigenvalue weighted by Gasteiger charge is -2.35. The van der Waals surface area contributed by atoms with Crippen molar-refractivity contribution in [2.45, 2.75) is 6.10 Å². The van der Waals surface area contributed by atoms with Gasteiger partial charge in [0.15, 0.2) is 6.10 Å². The van der Waals surface area contributed by atoms with E-state index in [9.17, 15) is 14.7 Å². The summed E-state index contributed by atoms with van der Waals surface area (Å²) >= 11 is 5.84. The molecule has 2 aromatic rings. The van der Waals surface area contributed by atoms with E-state index in [4.69, 9.17) is 16.3 Å².